The minimum Gasteiger partial charge on any atom is -0.726 e. The topological polar surface area (TPSA) is 77.4 Å². The molecule has 0 aliphatic heterocycles. The Balaban J connectivity index is 0.000000347. The van der Waals surface area contributed by atoms with Crippen LogP contribution in [0.15, 0.2) is 48.5 Å². The SMILES string of the molecule is Clc1ccc([I+]c2ccc(Cl)cc2)cc1.O=S(=O)([O-])O. The molecule has 108 valence electrons. The van der Waals surface area contributed by atoms with Crippen molar-refractivity contribution in [2.24, 2.45) is 0 Å². The van der Waals surface area contributed by atoms with E-state index in [9.17, 15) is 0 Å². The van der Waals surface area contributed by atoms with Crippen LogP contribution in [-0.4, -0.2) is 17.5 Å². The Kier molecular flexibility index (Phi) is 7.21. The lowest BCUT2D eigenvalue weighted by molar-refractivity contribution is -0.597. The van der Waals surface area contributed by atoms with Crippen molar-refractivity contribution >= 4 is 33.6 Å². The number of benzene rings is 2. The van der Waals surface area contributed by atoms with Crippen molar-refractivity contribution in [3.05, 3.63) is 65.7 Å². The van der Waals surface area contributed by atoms with Crippen molar-refractivity contribution in [2.45, 2.75) is 0 Å². The second kappa shape index (κ2) is 8.16. The first-order valence-corrected chi connectivity index (χ1v) is 9.36. The summed E-state index contributed by atoms with van der Waals surface area (Å²) in [5.74, 6) is 0. The number of halogens is 3. The Morgan fingerprint density at radius 1 is 0.850 bits per heavy atom. The van der Waals surface area contributed by atoms with Gasteiger partial charge in [0.15, 0.2) is 7.14 Å². The van der Waals surface area contributed by atoms with Gasteiger partial charge in [-0.05, 0) is 48.5 Å². The first-order valence-electron chi connectivity index (χ1n) is 5.08. The standard InChI is InChI=1S/C12H8Cl2I.H2O4S/c13-9-1-5-11(6-2-9)15-12-7-3-10(14)4-8-12;1-5(2,3)4/h1-8H;(H2,1,2,3,4)/q+1;/p-1. The third-order valence-corrected chi connectivity index (χ3v) is 5.01. The molecule has 0 amide bonds. The lowest BCUT2D eigenvalue weighted by Crippen LogP contribution is -3.61. The van der Waals surface area contributed by atoms with E-state index in [0.29, 0.717) is 0 Å². The highest BCUT2D eigenvalue weighted by Crippen LogP contribution is 2.05. The molecule has 8 heteroatoms. The minimum atomic E-state index is -4.92. The van der Waals surface area contributed by atoms with Gasteiger partial charge < -0.3 is 4.55 Å². The summed E-state index contributed by atoms with van der Waals surface area (Å²) in [7, 11) is -4.92. The van der Waals surface area contributed by atoms with Crippen LogP contribution in [0.4, 0.5) is 0 Å². The minimum absolute atomic E-state index is 0.114. The Hall–Kier alpha value is -0.380. The molecule has 0 unspecified atom stereocenters. The molecule has 0 bridgehead atoms. The summed E-state index contributed by atoms with van der Waals surface area (Å²) in [6, 6.07) is 16.1. The molecule has 0 heterocycles. The zero-order valence-corrected chi connectivity index (χ0v) is 14.3. The summed E-state index contributed by atoms with van der Waals surface area (Å²) in [6.45, 7) is 0. The summed E-state index contributed by atoms with van der Waals surface area (Å²) in [4.78, 5) is 0. The monoisotopic (exact) mass is 446 g/mol. The van der Waals surface area contributed by atoms with Crippen LogP contribution in [0.2, 0.25) is 10.0 Å². The third kappa shape index (κ3) is 8.72. The second-order valence-electron chi connectivity index (χ2n) is 3.40. The van der Waals surface area contributed by atoms with E-state index in [4.69, 9.17) is 40.7 Å². The zero-order chi connectivity index (χ0) is 15.2. The maximum Gasteiger partial charge on any atom is 0.357 e. The van der Waals surface area contributed by atoms with Gasteiger partial charge in [0.25, 0.3) is 0 Å². The van der Waals surface area contributed by atoms with Crippen LogP contribution in [0.25, 0.3) is 0 Å². The summed E-state index contributed by atoms with van der Waals surface area (Å²) >= 11 is 11.5. The van der Waals surface area contributed by atoms with Gasteiger partial charge in [0.1, 0.15) is 0 Å². The molecule has 0 radical (unpaired) electrons. The van der Waals surface area contributed by atoms with Gasteiger partial charge in [0, 0.05) is 10.0 Å². The summed E-state index contributed by atoms with van der Waals surface area (Å²) < 4.78 is 35.6. The molecule has 0 aliphatic carbocycles. The van der Waals surface area contributed by atoms with Gasteiger partial charge >= 0.3 is 21.2 Å². The largest absolute Gasteiger partial charge is 0.726 e. The first kappa shape index (κ1) is 17.7. The van der Waals surface area contributed by atoms with Gasteiger partial charge in [0.05, 0.1) is 0 Å². The van der Waals surface area contributed by atoms with Gasteiger partial charge in [-0.25, -0.2) is 8.42 Å². The number of hydrogen-bond donors (Lipinski definition) is 1. The lowest BCUT2D eigenvalue weighted by atomic mass is 10.4. The zero-order valence-electron chi connectivity index (χ0n) is 9.83. The van der Waals surface area contributed by atoms with E-state index in [0.717, 1.165) is 10.0 Å². The molecular weight excluding hydrogens is 438 g/mol. The predicted molar refractivity (Wildman–Crippen MR) is 72.6 cm³/mol. The van der Waals surface area contributed by atoms with Crippen molar-refractivity contribution in [1.29, 1.82) is 0 Å². The normalized spacial score (nSPS) is 10.6. The average molecular weight is 447 g/mol. The van der Waals surface area contributed by atoms with Crippen molar-refractivity contribution in [3.63, 3.8) is 0 Å². The van der Waals surface area contributed by atoms with Crippen LogP contribution in [0.1, 0.15) is 0 Å². The van der Waals surface area contributed by atoms with E-state index < -0.39 is 10.4 Å². The van der Waals surface area contributed by atoms with Crippen molar-refractivity contribution in [1.82, 2.24) is 0 Å². The fourth-order valence-corrected chi connectivity index (χ4v) is 3.52. The molecule has 1 N–H and O–H groups in total. The summed E-state index contributed by atoms with van der Waals surface area (Å²) in [5.41, 5.74) is 0. The molecule has 0 saturated heterocycles. The molecule has 0 aromatic heterocycles. The first-order chi connectivity index (χ1) is 9.24. The Labute approximate surface area is 137 Å². The highest BCUT2D eigenvalue weighted by molar-refractivity contribution is 7.79. The number of hydrogen-bond acceptors (Lipinski definition) is 3. The van der Waals surface area contributed by atoms with Gasteiger partial charge in [-0.2, -0.15) is 0 Å². The Bertz CT molecular complexity index is 591. The fourth-order valence-electron chi connectivity index (χ4n) is 1.11. The Morgan fingerprint density at radius 2 is 1.10 bits per heavy atom. The molecule has 4 nitrogen and oxygen atoms in total. The molecule has 2 aromatic carbocycles. The summed E-state index contributed by atoms with van der Waals surface area (Å²) in [6.07, 6.45) is 0. The van der Waals surface area contributed by atoms with Gasteiger partial charge in [-0.15, -0.1) is 0 Å². The fraction of sp³-hybridized carbons (Fsp3) is 0. The number of rotatable bonds is 2. The van der Waals surface area contributed by atoms with Crippen LogP contribution >= 0.6 is 23.2 Å². The molecule has 2 rings (SSSR count). The third-order valence-electron chi connectivity index (χ3n) is 1.83. The van der Waals surface area contributed by atoms with Crippen LogP contribution in [0, 0.1) is 7.14 Å². The maximum absolute atomic E-state index is 8.63. The van der Waals surface area contributed by atoms with E-state index in [1.165, 1.54) is 7.14 Å². The molecule has 20 heavy (non-hydrogen) atoms. The molecule has 0 spiro atoms. The van der Waals surface area contributed by atoms with Crippen molar-refractivity contribution in [2.75, 3.05) is 0 Å². The van der Waals surface area contributed by atoms with Crippen LogP contribution in [0.3, 0.4) is 0 Å². The van der Waals surface area contributed by atoms with E-state index in [-0.39, 0.29) is 21.2 Å². The van der Waals surface area contributed by atoms with E-state index in [2.05, 4.69) is 24.3 Å². The highest BCUT2D eigenvalue weighted by Gasteiger charge is 2.14. The van der Waals surface area contributed by atoms with E-state index in [1.54, 1.807) is 0 Å². The van der Waals surface area contributed by atoms with Gasteiger partial charge in [-0.1, -0.05) is 23.2 Å². The van der Waals surface area contributed by atoms with Crippen LogP contribution < -0.4 is 21.2 Å². The Morgan fingerprint density at radius 3 is 1.35 bits per heavy atom. The summed E-state index contributed by atoms with van der Waals surface area (Å²) in [5, 5.41) is 1.58. The lowest BCUT2D eigenvalue weighted by Gasteiger charge is -1.89. The quantitative estimate of drug-likeness (QED) is 0.404. The highest BCUT2D eigenvalue weighted by atomic mass is 127. The van der Waals surface area contributed by atoms with Crippen LogP contribution in [0.5, 0.6) is 0 Å². The molecule has 0 aliphatic rings. The maximum atomic E-state index is 8.63. The molecule has 2 aromatic rings. The van der Waals surface area contributed by atoms with Crippen molar-refractivity contribution < 1.29 is 38.7 Å². The van der Waals surface area contributed by atoms with Crippen LogP contribution in [-0.2, 0) is 10.4 Å². The molecule has 0 saturated carbocycles. The molecular formula is C12H9Cl2IO4S. The smallest absolute Gasteiger partial charge is 0.357 e. The van der Waals surface area contributed by atoms with E-state index in [1.807, 2.05) is 24.3 Å². The molecule has 0 fully saturated rings. The second-order valence-corrected chi connectivity index (χ2v) is 8.15. The molecule has 0 atom stereocenters. The van der Waals surface area contributed by atoms with Crippen molar-refractivity contribution in [3.8, 4) is 0 Å². The predicted octanol–water partition coefficient (Wildman–Crippen LogP) is 0.126. The van der Waals surface area contributed by atoms with Gasteiger partial charge in [0.2, 0.25) is 10.4 Å². The average Bonchev–Trinajstić information content (AvgIpc) is 2.33. The van der Waals surface area contributed by atoms with E-state index >= 15 is 0 Å². The van der Waals surface area contributed by atoms with Gasteiger partial charge in [-0.3, -0.25) is 4.55 Å².